The Morgan fingerprint density at radius 3 is 2.44 bits per heavy atom. The number of nitrogen functional groups attached to an aromatic ring is 1. The second-order valence-electron chi connectivity index (χ2n) is 1.60. The number of halogens is 2. The van der Waals surface area contributed by atoms with Gasteiger partial charge in [0.2, 0.25) is 0 Å². The molecule has 0 aliphatic heterocycles. The van der Waals surface area contributed by atoms with Crippen LogP contribution in [0.5, 0.6) is 0 Å². The second-order valence-corrected chi connectivity index (χ2v) is 2.45. The van der Waals surface area contributed by atoms with Gasteiger partial charge >= 0.3 is 0 Å². The molecule has 0 spiro atoms. The molecule has 9 heavy (non-hydrogen) atoms. The molecule has 47 valence electrons. The number of benzene rings is 1. The minimum Gasteiger partial charge on any atom is -0.398 e. The molecule has 2 N–H and O–H groups in total. The number of nitrogens with two attached hydrogens (primary N) is 1. The van der Waals surface area contributed by atoms with Crippen LogP contribution in [0.3, 0.4) is 0 Å². The molecular formula is C6H4Cl2N. The number of anilines is 1. The lowest BCUT2D eigenvalue weighted by Crippen LogP contribution is -1.83. The standard InChI is InChI=1S/C6H4Cl2N/c7-4-1-5(8)3-6(9)2-4/h1-2H,9H2. The Kier molecular flexibility index (Phi) is 1.84. The van der Waals surface area contributed by atoms with Gasteiger partial charge in [0, 0.05) is 16.8 Å². The summed E-state index contributed by atoms with van der Waals surface area (Å²) in [4.78, 5) is 0. The molecule has 3 heteroatoms. The number of rotatable bonds is 0. The summed E-state index contributed by atoms with van der Waals surface area (Å²) in [6, 6.07) is 5.84. The molecular weight excluding hydrogens is 157 g/mol. The number of hydrogen-bond donors (Lipinski definition) is 1. The van der Waals surface area contributed by atoms with E-state index in [1.165, 1.54) is 0 Å². The third-order valence-corrected chi connectivity index (χ3v) is 1.24. The van der Waals surface area contributed by atoms with Gasteiger partial charge in [-0.25, -0.2) is 0 Å². The highest BCUT2D eigenvalue weighted by molar-refractivity contribution is 6.34. The van der Waals surface area contributed by atoms with Gasteiger partial charge in [0.25, 0.3) is 0 Å². The van der Waals surface area contributed by atoms with E-state index in [2.05, 4.69) is 6.07 Å². The lowest BCUT2D eigenvalue weighted by atomic mass is 10.3. The van der Waals surface area contributed by atoms with Crippen LogP contribution in [0.15, 0.2) is 12.1 Å². The molecule has 0 unspecified atom stereocenters. The van der Waals surface area contributed by atoms with Crippen LogP contribution in [0.25, 0.3) is 0 Å². The number of hydrogen-bond acceptors (Lipinski definition) is 1. The molecule has 0 aliphatic rings. The second kappa shape index (κ2) is 2.46. The van der Waals surface area contributed by atoms with E-state index in [1.807, 2.05) is 0 Å². The van der Waals surface area contributed by atoms with Gasteiger partial charge in [-0.3, -0.25) is 0 Å². The van der Waals surface area contributed by atoms with Crippen LogP contribution in [0, 0.1) is 6.07 Å². The molecule has 1 rings (SSSR count). The first-order valence-electron chi connectivity index (χ1n) is 2.32. The summed E-state index contributed by atoms with van der Waals surface area (Å²) in [7, 11) is 0. The van der Waals surface area contributed by atoms with E-state index >= 15 is 0 Å². The first-order chi connectivity index (χ1) is 4.18. The van der Waals surface area contributed by atoms with E-state index in [1.54, 1.807) is 12.1 Å². The predicted molar refractivity (Wildman–Crippen MR) is 39.7 cm³/mol. The summed E-state index contributed by atoms with van der Waals surface area (Å²) in [6.07, 6.45) is 0. The highest BCUT2D eigenvalue weighted by atomic mass is 35.5. The maximum atomic E-state index is 5.57. The zero-order valence-electron chi connectivity index (χ0n) is 4.49. The molecule has 1 aromatic rings. The van der Waals surface area contributed by atoms with Crippen molar-refractivity contribution in [1.29, 1.82) is 0 Å². The smallest absolute Gasteiger partial charge is 0.0521 e. The van der Waals surface area contributed by atoms with Crippen molar-refractivity contribution >= 4 is 28.9 Å². The maximum Gasteiger partial charge on any atom is 0.0521 e. The van der Waals surface area contributed by atoms with Crippen LogP contribution in [-0.4, -0.2) is 0 Å². The maximum absolute atomic E-state index is 5.57. The van der Waals surface area contributed by atoms with Crippen LogP contribution < -0.4 is 5.73 Å². The van der Waals surface area contributed by atoms with Crippen molar-refractivity contribution in [3.8, 4) is 0 Å². The van der Waals surface area contributed by atoms with E-state index in [0.717, 1.165) is 0 Å². The quantitative estimate of drug-likeness (QED) is 0.580. The van der Waals surface area contributed by atoms with Crippen molar-refractivity contribution < 1.29 is 0 Å². The lowest BCUT2D eigenvalue weighted by Gasteiger charge is -1.92. The van der Waals surface area contributed by atoms with Crippen LogP contribution in [-0.2, 0) is 0 Å². The zero-order valence-corrected chi connectivity index (χ0v) is 6.00. The molecule has 1 nitrogen and oxygen atoms in total. The van der Waals surface area contributed by atoms with Crippen molar-refractivity contribution in [3.63, 3.8) is 0 Å². The SMILES string of the molecule is Nc1[c]c(Cl)cc(Cl)c1. The summed E-state index contributed by atoms with van der Waals surface area (Å²) in [5, 5.41) is 0.983. The molecule has 0 bridgehead atoms. The fourth-order valence-corrected chi connectivity index (χ4v) is 1.03. The predicted octanol–water partition coefficient (Wildman–Crippen LogP) is 2.38. The molecule has 1 aromatic carbocycles. The van der Waals surface area contributed by atoms with Gasteiger partial charge in [-0.1, -0.05) is 23.2 Å². The summed E-state index contributed by atoms with van der Waals surface area (Å²) in [5.74, 6) is 0. The Bertz CT molecular complexity index is 172. The highest BCUT2D eigenvalue weighted by Crippen LogP contribution is 2.18. The Hall–Kier alpha value is -0.400. The van der Waals surface area contributed by atoms with Crippen molar-refractivity contribution in [1.82, 2.24) is 0 Å². The van der Waals surface area contributed by atoms with Crippen LogP contribution >= 0.6 is 23.2 Å². The van der Waals surface area contributed by atoms with Crippen molar-refractivity contribution in [2.75, 3.05) is 5.73 Å². The highest BCUT2D eigenvalue weighted by Gasteiger charge is 1.92. The first-order valence-corrected chi connectivity index (χ1v) is 3.08. The van der Waals surface area contributed by atoms with Crippen LogP contribution in [0.4, 0.5) is 5.69 Å². The van der Waals surface area contributed by atoms with Gasteiger partial charge in [0.1, 0.15) is 0 Å². The molecule has 0 heterocycles. The van der Waals surface area contributed by atoms with Crippen molar-refractivity contribution in [2.24, 2.45) is 0 Å². The molecule has 0 saturated heterocycles. The molecule has 0 aliphatic carbocycles. The van der Waals surface area contributed by atoms with Gasteiger partial charge in [-0.05, 0) is 12.1 Å². The van der Waals surface area contributed by atoms with Crippen LogP contribution in [0.1, 0.15) is 0 Å². The molecule has 0 amide bonds. The molecule has 0 fully saturated rings. The Labute approximate surface area is 63.4 Å². The molecule has 0 aromatic heterocycles. The van der Waals surface area contributed by atoms with Gasteiger partial charge < -0.3 is 5.73 Å². The zero-order chi connectivity index (χ0) is 6.85. The Morgan fingerprint density at radius 2 is 2.00 bits per heavy atom. The van der Waals surface area contributed by atoms with E-state index < -0.39 is 0 Å². The van der Waals surface area contributed by atoms with Gasteiger partial charge in [-0.2, -0.15) is 0 Å². The van der Waals surface area contributed by atoms with Gasteiger partial charge in [0.05, 0.1) is 5.02 Å². The summed E-state index contributed by atoms with van der Waals surface area (Å²) < 4.78 is 0. The molecule has 1 radical (unpaired) electrons. The van der Waals surface area contributed by atoms with E-state index in [-0.39, 0.29) is 0 Å². The average Bonchev–Trinajstić information content (AvgIpc) is 1.59. The van der Waals surface area contributed by atoms with Crippen LogP contribution in [0.2, 0.25) is 10.0 Å². The van der Waals surface area contributed by atoms with E-state index in [4.69, 9.17) is 28.9 Å². The first kappa shape index (κ1) is 6.72. The monoisotopic (exact) mass is 160 g/mol. The summed E-state index contributed by atoms with van der Waals surface area (Å²) in [6.45, 7) is 0. The minimum absolute atomic E-state index is 0.444. The normalized spacial score (nSPS) is 9.56. The summed E-state index contributed by atoms with van der Waals surface area (Å²) >= 11 is 11.1. The Balaban J connectivity index is 3.17. The van der Waals surface area contributed by atoms with E-state index in [9.17, 15) is 0 Å². The van der Waals surface area contributed by atoms with Crippen molar-refractivity contribution in [2.45, 2.75) is 0 Å². The summed E-state index contributed by atoms with van der Waals surface area (Å²) in [5.41, 5.74) is 5.80. The lowest BCUT2D eigenvalue weighted by molar-refractivity contribution is 1.67. The fourth-order valence-electron chi connectivity index (χ4n) is 0.521. The molecule has 0 saturated carbocycles. The topological polar surface area (TPSA) is 26.0 Å². The minimum atomic E-state index is 0.444. The van der Waals surface area contributed by atoms with Gasteiger partial charge in [0.15, 0.2) is 0 Å². The van der Waals surface area contributed by atoms with E-state index in [0.29, 0.717) is 15.7 Å². The Morgan fingerprint density at radius 1 is 1.33 bits per heavy atom. The third kappa shape index (κ3) is 1.77. The average molecular weight is 161 g/mol. The van der Waals surface area contributed by atoms with Crippen molar-refractivity contribution in [3.05, 3.63) is 28.2 Å². The fraction of sp³-hybridized carbons (Fsp3) is 0. The van der Waals surface area contributed by atoms with Gasteiger partial charge in [-0.15, -0.1) is 0 Å². The largest absolute Gasteiger partial charge is 0.398 e. The third-order valence-electron chi connectivity index (χ3n) is 0.822. The molecule has 0 atom stereocenters.